The molecule has 6 heteroatoms. The number of carbonyl (C=O) groups is 1. The summed E-state index contributed by atoms with van der Waals surface area (Å²) in [7, 11) is 0. The SMILES string of the molecule is CCCNC(=O)c1cc(Nc2cccc(Cl)c2C)ncn1. The predicted octanol–water partition coefficient (Wildman–Crippen LogP) is 3.32. The van der Waals surface area contributed by atoms with Crippen molar-refractivity contribution in [3.05, 3.63) is 46.9 Å². The fraction of sp³-hybridized carbons (Fsp3) is 0.267. The van der Waals surface area contributed by atoms with E-state index in [-0.39, 0.29) is 5.91 Å². The highest BCUT2D eigenvalue weighted by Crippen LogP contribution is 2.25. The number of rotatable bonds is 5. The van der Waals surface area contributed by atoms with Gasteiger partial charge in [0.25, 0.3) is 5.91 Å². The van der Waals surface area contributed by atoms with Crippen molar-refractivity contribution in [1.29, 1.82) is 0 Å². The Morgan fingerprint density at radius 1 is 1.33 bits per heavy atom. The Hall–Kier alpha value is -2.14. The van der Waals surface area contributed by atoms with Gasteiger partial charge in [-0.3, -0.25) is 4.79 Å². The molecule has 110 valence electrons. The lowest BCUT2D eigenvalue weighted by Gasteiger charge is -2.10. The average molecular weight is 305 g/mol. The molecule has 5 nitrogen and oxygen atoms in total. The van der Waals surface area contributed by atoms with Crippen LogP contribution in [0.25, 0.3) is 0 Å². The highest BCUT2D eigenvalue weighted by Gasteiger charge is 2.09. The van der Waals surface area contributed by atoms with E-state index in [9.17, 15) is 4.79 Å². The molecule has 1 aromatic carbocycles. The van der Waals surface area contributed by atoms with E-state index in [1.54, 1.807) is 6.07 Å². The molecule has 0 bridgehead atoms. The second kappa shape index (κ2) is 7.04. The first-order valence-corrected chi connectivity index (χ1v) is 7.12. The highest BCUT2D eigenvalue weighted by atomic mass is 35.5. The van der Waals surface area contributed by atoms with Crippen molar-refractivity contribution in [3.63, 3.8) is 0 Å². The molecule has 0 aliphatic carbocycles. The van der Waals surface area contributed by atoms with Crippen LogP contribution in [0.5, 0.6) is 0 Å². The number of aromatic nitrogens is 2. The van der Waals surface area contributed by atoms with Crippen molar-refractivity contribution >= 4 is 29.0 Å². The summed E-state index contributed by atoms with van der Waals surface area (Å²) in [6.07, 6.45) is 2.24. The highest BCUT2D eigenvalue weighted by molar-refractivity contribution is 6.31. The van der Waals surface area contributed by atoms with Gasteiger partial charge in [-0.05, 0) is 31.0 Å². The fourth-order valence-corrected chi connectivity index (χ4v) is 1.93. The molecule has 1 aromatic heterocycles. The van der Waals surface area contributed by atoms with Crippen LogP contribution in [0.4, 0.5) is 11.5 Å². The fourth-order valence-electron chi connectivity index (χ4n) is 1.76. The molecule has 0 saturated heterocycles. The molecule has 0 saturated carbocycles. The van der Waals surface area contributed by atoms with E-state index in [1.807, 2.05) is 32.0 Å². The van der Waals surface area contributed by atoms with Gasteiger partial charge in [-0.25, -0.2) is 9.97 Å². The number of hydrogen-bond acceptors (Lipinski definition) is 4. The number of hydrogen-bond donors (Lipinski definition) is 2. The minimum atomic E-state index is -0.204. The summed E-state index contributed by atoms with van der Waals surface area (Å²) in [5.74, 6) is 0.349. The summed E-state index contributed by atoms with van der Waals surface area (Å²) in [6, 6.07) is 7.20. The minimum absolute atomic E-state index is 0.204. The molecule has 2 aromatic rings. The monoisotopic (exact) mass is 304 g/mol. The van der Waals surface area contributed by atoms with Crippen molar-refractivity contribution in [2.75, 3.05) is 11.9 Å². The quantitative estimate of drug-likeness (QED) is 0.889. The van der Waals surface area contributed by atoms with Gasteiger partial charge in [0.15, 0.2) is 0 Å². The van der Waals surface area contributed by atoms with Gasteiger partial charge in [0.2, 0.25) is 0 Å². The van der Waals surface area contributed by atoms with E-state index >= 15 is 0 Å². The van der Waals surface area contributed by atoms with Gasteiger partial charge in [-0.1, -0.05) is 24.6 Å². The van der Waals surface area contributed by atoms with Crippen molar-refractivity contribution in [3.8, 4) is 0 Å². The van der Waals surface area contributed by atoms with Crippen LogP contribution in [-0.2, 0) is 0 Å². The van der Waals surface area contributed by atoms with Crippen LogP contribution in [0.15, 0.2) is 30.6 Å². The molecule has 0 radical (unpaired) electrons. The summed E-state index contributed by atoms with van der Waals surface area (Å²) < 4.78 is 0. The van der Waals surface area contributed by atoms with E-state index < -0.39 is 0 Å². The number of nitrogens with zero attached hydrogens (tertiary/aromatic N) is 2. The van der Waals surface area contributed by atoms with Gasteiger partial charge in [0.05, 0.1) is 0 Å². The second-order valence-corrected chi connectivity index (χ2v) is 4.99. The van der Waals surface area contributed by atoms with E-state index in [4.69, 9.17) is 11.6 Å². The maximum atomic E-state index is 11.9. The van der Waals surface area contributed by atoms with Gasteiger partial charge < -0.3 is 10.6 Å². The molecule has 21 heavy (non-hydrogen) atoms. The van der Waals surface area contributed by atoms with Crippen molar-refractivity contribution in [2.24, 2.45) is 0 Å². The third-order valence-electron chi connectivity index (χ3n) is 2.97. The largest absolute Gasteiger partial charge is 0.351 e. The van der Waals surface area contributed by atoms with E-state index in [2.05, 4.69) is 20.6 Å². The first-order chi connectivity index (χ1) is 10.1. The van der Waals surface area contributed by atoms with Crippen LogP contribution in [0.2, 0.25) is 5.02 Å². The Morgan fingerprint density at radius 3 is 2.90 bits per heavy atom. The van der Waals surface area contributed by atoms with Crippen LogP contribution < -0.4 is 10.6 Å². The maximum absolute atomic E-state index is 11.9. The van der Waals surface area contributed by atoms with Gasteiger partial charge in [0, 0.05) is 23.3 Å². The zero-order chi connectivity index (χ0) is 15.2. The molecule has 2 N–H and O–H groups in total. The van der Waals surface area contributed by atoms with Crippen LogP contribution >= 0.6 is 11.6 Å². The maximum Gasteiger partial charge on any atom is 0.270 e. The van der Waals surface area contributed by atoms with Crippen LogP contribution in [-0.4, -0.2) is 22.4 Å². The zero-order valence-electron chi connectivity index (χ0n) is 12.0. The zero-order valence-corrected chi connectivity index (χ0v) is 12.7. The molecule has 0 aliphatic rings. The Bertz CT molecular complexity index is 645. The van der Waals surface area contributed by atoms with E-state index in [1.165, 1.54) is 6.33 Å². The van der Waals surface area contributed by atoms with Crippen LogP contribution in [0, 0.1) is 6.92 Å². The molecular formula is C15H17ClN4O. The van der Waals surface area contributed by atoms with E-state index in [0.29, 0.717) is 23.1 Å². The predicted molar refractivity (Wildman–Crippen MR) is 84.1 cm³/mol. The van der Waals surface area contributed by atoms with Crippen molar-refractivity contribution < 1.29 is 4.79 Å². The van der Waals surface area contributed by atoms with Gasteiger partial charge in [-0.15, -0.1) is 0 Å². The van der Waals surface area contributed by atoms with Crippen LogP contribution in [0.1, 0.15) is 29.4 Å². The standard InChI is InChI=1S/C15H17ClN4O/c1-3-7-17-15(21)13-8-14(19-9-18-13)20-12-6-4-5-11(16)10(12)2/h4-6,8-9H,3,7H2,1-2H3,(H,17,21)(H,18,19,20). The molecular weight excluding hydrogens is 288 g/mol. The molecule has 1 amide bonds. The number of nitrogens with one attached hydrogen (secondary N) is 2. The minimum Gasteiger partial charge on any atom is -0.351 e. The van der Waals surface area contributed by atoms with Gasteiger partial charge in [-0.2, -0.15) is 0 Å². The Labute approximate surface area is 128 Å². The number of halogens is 1. The van der Waals surface area contributed by atoms with Gasteiger partial charge in [0.1, 0.15) is 17.8 Å². The molecule has 0 unspecified atom stereocenters. The molecule has 0 atom stereocenters. The first kappa shape index (κ1) is 15.3. The third-order valence-corrected chi connectivity index (χ3v) is 3.38. The smallest absolute Gasteiger partial charge is 0.270 e. The lowest BCUT2D eigenvalue weighted by Crippen LogP contribution is -2.25. The summed E-state index contributed by atoms with van der Waals surface area (Å²) in [4.78, 5) is 20.0. The number of carbonyl (C=O) groups excluding carboxylic acids is 1. The van der Waals surface area contributed by atoms with E-state index in [0.717, 1.165) is 17.7 Å². The molecule has 0 fully saturated rings. The van der Waals surface area contributed by atoms with Gasteiger partial charge >= 0.3 is 0 Å². The topological polar surface area (TPSA) is 66.9 Å². The molecule has 1 heterocycles. The first-order valence-electron chi connectivity index (χ1n) is 6.74. The Morgan fingerprint density at radius 2 is 2.14 bits per heavy atom. The van der Waals surface area contributed by atoms with Crippen LogP contribution in [0.3, 0.4) is 0 Å². The normalized spacial score (nSPS) is 10.2. The second-order valence-electron chi connectivity index (χ2n) is 4.58. The van der Waals surface area contributed by atoms with Crippen molar-refractivity contribution in [1.82, 2.24) is 15.3 Å². The molecule has 2 rings (SSSR count). The molecule has 0 aliphatic heterocycles. The third kappa shape index (κ3) is 3.92. The summed E-state index contributed by atoms with van der Waals surface area (Å²) in [5.41, 5.74) is 2.11. The summed E-state index contributed by atoms with van der Waals surface area (Å²) in [6.45, 7) is 4.54. The molecule has 0 spiro atoms. The Balaban J connectivity index is 2.18. The summed E-state index contributed by atoms with van der Waals surface area (Å²) >= 11 is 6.08. The number of amides is 1. The lowest BCUT2D eigenvalue weighted by molar-refractivity contribution is 0.0948. The Kier molecular flexibility index (Phi) is 5.11. The number of anilines is 2. The number of benzene rings is 1. The average Bonchev–Trinajstić information content (AvgIpc) is 2.50. The summed E-state index contributed by atoms with van der Waals surface area (Å²) in [5, 5.41) is 6.61. The lowest BCUT2D eigenvalue weighted by atomic mass is 10.2. The van der Waals surface area contributed by atoms with Crippen molar-refractivity contribution in [2.45, 2.75) is 20.3 Å².